The van der Waals surface area contributed by atoms with Gasteiger partial charge in [-0.2, -0.15) is 0 Å². The molecule has 2 aliphatic carbocycles. The van der Waals surface area contributed by atoms with Gasteiger partial charge in [0.2, 0.25) is 0 Å². The van der Waals surface area contributed by atoms with Gasteiger partial charge in [-0.05, 0) is 104 Å². The fourth-order valence-corrected chi connectivity index (χ4v) is 6.77. The monoisotopic (exact) mass is 572 g/mol. The van der Waals surface area contributed by atoms with Crippen LogP contribution in [0, 0.1) is 12.8 Å². The van der Waals surface area contributed by atoms with Crippen LogP contribution in [-0.2, 0) is 6.61 Å². The lowest BCUT2D eigenvalue weighted by molar-refractivity contribution is 0.0725. The molecule has 0 saturated carbocycles. The number of esters is 1. The summed E-state index contributed by atoms with van der Waals surface area (Å²) in [6.07, 6.45) is 5.82. The van der Waals surface area contributed by atoms with Gasteiger partial charge in [0, 0.05) is 16.0 Å². The first-order valence-corrected chi connectivity index (χ1v) is 14.5. The number of allylic oxidation sites excluding steroid dienone is 2. The first-order chi connectivity index (χ1) is 18.2. The van der Waals surface area contributed by atoms with E-state index in [2.05, 4.69) is 68.8 Å². The van der Waals surface area contributed by atoms with Crippen molar-refractivity contribution >= 4 is 21.9 Å². The standard InChI is InChI=1S/C34H37BrO3/c1-20(2)17-26-18-22(4)28-16-11-21(3)29-31(28)30(26)23(5)32(33(29)37-19-24-9-7-6-8-10-24)38-34(36)25-12-14-27(35)15-13-25/h6-10,12-15,17,21-22,26,28H,11,16,18-19H2,1-5H3/t21-,22-,26+,28+/m0/s1. The Hall–Kier alpha value is -2.85. The van der Waals surface area contributed by atoms with Gasteiger partial charge in [-0.25, -0.2) is 4.79 Å². The van der Waals surface area contributed by atoms with E-state index in [1.165, 1.54) is 28.7 Å². The van der Waals surface area contributed by atoms with E-state index in [0.717, 1.165) is 34.2 Å². The summed E-state index contributed by atoms with van der Waals surface area (Å²) in [5, 5.41) is 0. The number of hydrogen-bond acceptors (Lipinski definition) is 3. The summed E-state index contributed by atoms with van der Waals surface area (Å²) >= 11 is 3.46. The van der Waals surface area contributed by atoms with Crippen molar-refractivity contribution in [3.05, 3.63) is 104 Å². The maximum atomic E-state index is 13.4. The Kier molecular flexibility index (Phi) is 7.81. The van der Waals surface area contributed by atoms with Crippen molar-refractivity contribution in [2.45, 2.75) is 78.2 Å². The van der Waals surface area contributed by atoms with Crippen LogP contribution in [0.3, 0.4) is 0 Å². The van der Waals surface area contributed by atoms with Crippen molar-refractivity contribution < 1.29 is 14.3 Å². The Morgan fingerprint density at radius 2 is 1.66 bits per heavy atom. The van der Waals surface area contributed by atoms with Crippen LogP contribution in [0.4, 0.5) is 0 Å². The summed E-state index contributed by atoms with van der Waals surface area (Å²) in [6.45, 7) is 11.6. The molecule has 0 bridgehead atoms. The molecule has 38 heavy (non-hydrogen) atoms. The lowest BCUT2D eigenvalue weighted by Crippen LogP contribution is -2.29. The number of benzene rings is 3. The molecular formula is C34H37BrO3. The highest BCUT2D eigenvalue weighted by Crippen LogP contribution is 2.58. The van der Waals surface area contributed by atoms with Crippen molar-refractivity contribution in [3.63, 3.8) is 0 Å². The Morgan fingerprint density at radius 3 is 2.34 bits per heavy atom. The summed E-state index contributed by atoms with van der Waals surface area (Å²) in [6, 6.07) is 17.5. The SMILES string of the molecule is CC(C)=C[C@@H]1C[C@H](C)[C@H]2CC[C@H](C)c3c(OCc4ccccc4)c(OC(=O)c4ccc(Br)cc4)c(C)c1c32. The van der Waals surface area contributed by atoms with Gasteiger partial charge in [-0.15, -0.1) is 0 Å². The van der Waals surface area contributed by atoms with Crippen LogP contribution in [0.5, 0.6) is 11.5 Å². The van der Waals surface area contributed by atoms with E-state index in [9.17, 15) is 4.79 Å². The zero-order valence-corrected chi connectivity index (χ0v) is 24.6. The van der Waals surface area contributed by atoms with Gasteiger partial charge < -0.3 is 9.47 Å². The van der Waals surface area contributed by atoms with E-state index in [1.54, 1.807) is 12.1 Å². The molecule has 4 atom stereocenters. The van der Waals surface area contributed by atoms with Crippen molar-refractivity contribution in [1.29, 1.82) is 0 Å². The highest BCUT2D eigenvalue weighted by atomic mass is 79.9. The molecule has 0 radical (unpaired) electrons. The Morgan fingerprint density at radius 1 is 0.947 bits per heavy atom. The summed E-state index contributed by atoms with van der Waals surface area (Å²) < 4.78 is 13.9. The molecule has 0 saturated heterocycles. The van der Waals surface area contributed by atoms with Crippen LogP contribution in [0.25, 0.3) is 0 Å². The Balaban J connectivity index is 1.70. The molecule has 4 heteroatoms. The second-order valence-corrected chi connectivity index (χ2v) is 12.3. The van der Waals surface area contributed by atoms with Gasteiger partial charge in [0.25, 0.3) is 0 Å². The molecule has 3 aromatic rings. The number of hydrogen-bond donors (Lipinski definition) is 0. The van der Waals surface area contributed by atoms with Crippen molar-refractivity contribution in [3.8, 4) is 11.5 Å². The third-order valence-electron chi connectivity index (χ3n) is 8.27. The smallest absolute Gasteiger partial charge is 0.343 e. The third kappa shape index (κ3) is 5.20. The van der Waals surface area contributed by atoms with Crippen molar-refractivity contribution in [2.24, 2.45) is 5.92 Å². The molecule has 198 valence electrons. The van der Waals surface area contributed by atoms with Crippen molar-refractivity contribution in [2.75, 3.05) is 0 Å². The minimum atomic E-state index is -0.361. The zero-order chi connectivity index (χ0) is 27.0. The van der Waals surface area contributed by atoms with Gasteiger partial charge in [0.1, 0.15) is 6.61 Å². The predicted molar refractivity (Wildman–Crippen MR) is 157 cm³/mol. The van der Waals surface area contributed by atoms with E-state index in [4.69, 9.17) is 9.47 Å². The topological polar surface area (TPSA) is 35.5 Å². The minimum absolute atomic E-state index is 0.304. The molecule has 3 aromatic carbocycles. The highest BCUT2D eigenvalue weighted by Gasteiger charge is 2.42. The normalized spacial score (nSPS) is 21.8. The molecule has 0 aliphatic heterocycles. The van der Waals surface area contributed by atoms with Gasteiger partial charge in [-0.3, -0.25) is 0 Å². The molecule has 0 spiro atoms. The van der Waals surface area contributed by atoms with E-state index < -0.39 is 0 Å². The maximum absolute atomic E-state index is 13.4. The first-order valence-electron chi connectivity index (χ1n) is 13.7. The second kappa shape index (κ2) is 11.1. The fourth-order valence-electron chi connectivity index (χ4n) is 6.51. The maximum Gasteiger partial charge on any atom is 0.343 e. The summed E-state index contributed by atoms with van der Waals surface area (Å²) in [5.41, 5.74) is 8.01. The lowest BCUT2D eigenvalue weighted by atomic mass is 9.62. The van der Waals surface area contributed by atoms with E-state index in [0.29, 0.717) is 41.6 Å². The Labute approximate surface area is 235 Å². The summed E-state index contributed by atoms with van der Waals surface area (Å²) in [7, 11) is 0. The number of halogens is 1. The number of carbonyl (C=O) groups excluding carboxylic acids is 1. The molecule has 5 rings (SSSR count). The van der Waals surface area contributed by atoms with Crippen LogP contribution in [0.1, 0.15) is 103 Å². The van der Waals surface area contributed by atoms with Gasteiger partial charge in [-0.1, -0.05) is 71.8 Å². The Bertz CT molecular complexity index is 1350. The summed E-state index contributed by atoms with van der Waals surface area (Å²) in [4.78, 5) is 13.4. The van der Waals surface area contributed by atoms with Crippen LogP contribution in [0.15, 0.2) is 70.7 Å². The van der Waals surface area contributed by atoms with Crippen LogP contribution in [0.2, 0.25) is 0 Å². The average molecular weight is 574 g/mol. The van der Waals surface area contributed by atoms with Gasteiger partial charge in [0.05, 0.1) is 5.56 Å². The second-order valence-electron chi connectivity index (χ2n) is 11.3. The molecule has 0 unspecified atom stereocenters. The zero-order valence-electron chi connectivity index (χ0n) is 23.0. The van der Waals surface area contributed by atoms with Gasteiger partial charge in [0.15, 0.2) is 11.5 Å². The molecule has 0 aromatic heterocycles. The molecule has 0 N–H and O–H groups in total. The molecule has 0 fully saturated rings. The number of carbonyl (C=O) groups is 1. The van der Waals surface area contributed by atoms with Crippen LogP contribution >= 0.6 is 15.9 Å². The molecule has 0 heterocycles. The third-order valence-corrected chi connectivity index (χ3v) is 8.80. The van der Waals surface area contributed by atoms with E-state index in [-0.39, 0.29) is 5.97 Å². The van der Waals surface area contributed by atoms with E-state index >= 15 is 0 Å². The average Bonchev–Trinajstić information content (AvgIpc) is 2.89. The van der Waals surface area contributed by atoms with Crippen LogP contribution < -0.4 is 9.47 Å². The van der Waals surface area contributed by atoms with Crippen molar-refractivity contribution in [1.82, 2.24) is 0 Å². The lowest BCUT2D eigenvalue weighted by Gasteiger charge is -2.43. The largest absolute Gasteiger partial charge is 0.485 e. The van der Waals surface area contributed by atoms with Gasteiger partial charge >= 0.3 is 5.97 Å². The first kappa shape index (κ1) is 26.7. The number of rotatable bonds is 6. The molecule has 2 aliphatic rings. The molecule has 3 nitrogen and oxygen atoms in total. The quantitative estimate of drug-likeness (QED) is 0.167. The van der Waals surface area contributed by atoms with Crippen LogP contribution in [-0.4, -0.2) is 5.97 Å². The van der Waals surface area contributed by atoms with E-state index in [1.807, 2.05) is 30.3 Å². The predicted octanol–water partition coefficient (Wildman–Crippen LogP) is 9.63. The highest BCUT2D eigenvalue weighted by molar-refractivity contribution is 9.10. The fraction of sp³-hybridized carbons (Fsp3) is 0.382. The molecule has 0 amide bonds. The molecular weight excluding hydrogens is 536 g/mol. The summed E-state index contributed by atoms with van der Waals surface area (Å²) in [5.74, 6) is 2.70. The number of ether oxygens (including phenoxy) is 2. The minimum Gasteiger partial charge on any atom is -0.485 e.